The van der Waals surface area contributed by atoms with Gasteiger partial charge in [-0.1, -0.05) is 73.2 Å². The minimum absolute atomic E-state index is 0.0234. The highest BCUT2D eigenvalue weighted by atomic mass is 32.2. The zero-order chi connectivity index (χ0) is 20.2. The molecule has 0 spiro atoms. The second-order valence-corrected chi connectivity index (χ2v) is 8.85. The minimum Gasteiger partial charge on any atom is -0.493 e. The van der Waals surface area contributed by atoms with E-state index in [9.17, 15) is 4.79 Å². The Morgan fingerprint density at radius 1 is 1.14 bits per heavy atom. The molecule has 0 radical (unpaired) electrons. The third kappa shape index (κ3) is 4.49. The summed E-state index contributed by atoms with van der Waals surface area (Å²) in [7, 11) is 1.62. The highest BCUT2D eigenvalue weighted by Gasteiger charge is 2.38. The topological polar surface area (TPSA) is 38.8 Å². The lowest BCUT2D eigenvalue weighted by molar-refractivity contribution is -0.123. The number of carbonyl (C=O) groups excluding carboxylic acids is 1. The number of hydrogen-bond donors (Lipinski definition) is 0. The average Bonchev–Trinajstić information content (AvgIpc) is 3.35. The molecule has 2 aromatic rings. The Kier molecular flexibility index (Phi) is 6.21. The summed E-state index contributed by atoms with van der Waals surface area (Å²) < 4.78 is 12.1. The molecule has 1 aliphatic carbocycles. The number of benzene rings is 2. The van der Waals surface area contributed by atoms with Gasteiger partial charge in [0.1, 0.15) is 10.9 Å². The molecule has 29 heavy (non-hydrogen) atoms. The van der Waals surface area contributed by atoms with Gasteiger partial charge in [0, 0.05) is 6.04 Å². The zero-order valence-electron chi connectivity index (χ0n) is 16.3. The van der Waals surface area contributed by atoms with E-state index in [0.29, 0.717) is 27.3 Å². The number of rotatable bonds is 6. The lowest BCUT2D eigenvalue weighted by Crippen LogP contribution is -2.36. The first-order valence-corrected chi connectivity index (χ1v) is 11.0. The van der Waals surface area contributed by atoms with Crippen molar-refractivity contribution in [2.75, 3.05) is 7.11 Å². The Labute approximate surface area is 180 Å². The van der Waals surface area contributed by atoms with Crippen LogP contribution in [0.2, 0.25) is 0 Å². The van der Waals surface area contributed by atoms with E-state index in [4.69, 9.17) is 21.7 Å². The summed E-state index contributed by atoms with van der Waals surface area (Å²) in [6.07, 6.45) is 6.31. The molecular formula is C23H23NO3S2. The number of thioether (sulfide) groups is 1. The van der Waals surface area contributed by atoms with Gasteiger partial charge in [0.05, 0.1) is 12.0 Å². The van der Waals surface area contributed by atoms with Gasteiger partial charge in [0.2, 0.25) is 0 Å². The van der Waals surface area contributed by atoms with E-state index in [0.717, 1.165) is 24.0 Å². The Morgan fingerprint density at radius 3 is 2.62 bits per heavy atom. The highest BCUT2D eigenvalue weighted by molar-refractivity contribution is 8.26. The standard InChI is InChI=1S/C23H23NO3S2/c1-26-20-13-17(11-12-19(20)27-15-16-7-3-2-4-8-16)14-21-22(25)24(23(28)29-21)18-9-5-6-10-18/h2-4,7-8,11-14,18H,5-6,9-10,15H2,1H3/b21-14+. The quantitative estimate of drug-likeness (QED) is 0.457. The van der Waals surface area contributed by atoms with Gasteiger partial charge < -0.3 is 9.47 Å². The maximum atomic E-state index is 12.9. The molecule has 1 heterocycles. The van der Waals surface area contributed by atoms with Crippen molar-refractivity contribution in [2.24, 2.45) is 0 Å². The van der Waals surface area contributed by atoms with E-state index in [1.807, 2.05) is 59.5 Å². The third-order valence-corrected chi connectivity index (χ3v) is 6.57. The van der Waals surface area contributed by atoms with Crippen molar-refractivity contribution in [3.8, 4) is 11.5 Å². The molecule has 2 aliphatic rings. The first-order chi connectivity index (χ1) is 14.2. The number of nitrogens with zero attached hydrogens (tertiary/aromatic N) is 1. The number of ether oxygens (including phenoxy) is 2. The summed E-state index contributed by atoms with van der Waals surface area (Å²) >= 11 is 6.87. The van der Waals surface area contributed by atoms with Gasteiger partial charge in [0.25, 0.3) is 5.91 Å². The molecular weight excluding hydrogens is 402 g/mol. The lowest BCUT2D eigenvalue weighted by atomic mass is 10.1. The van der Waals surface area contributed by atoms with Crippen LogP contribution in [0.25, 0.3) is 6.08 Å². The SMILES string of the molecule is COc1cc(/C=C2/SC(=S)N(C3CCCC3)C2=O)ccc1OCc1ccccc1. The maximum Gasteiger partial charge on any atom is 0.266 e. The van der Waals surface area contributed by atoms with Gasteiger partial charge in [-0.25, -0.2) is 0 Å². The fourth-order valence-electron chi connectivity index (χ4n) is 3.74. The van der Waals surface area contributed by atoms with Crippen LogP contribution in [0.3, 0.4) is 0 Å². The van der Waals surface area contributed by atoms with Crippen LogP contribution >= 0.6 is 24.0 Å². The minimum atomic E-state index is 0.0234. The number of methoxy groups -OCH3 is 1. The van der Waals surface area contributed by atoms with Crippen LogP contribution in [0.1, 0.15) is 36.8 Å². The van der Waals surface area contributed by atoms with Gasteiger partial charge in [0.15, 0.2) is 11.5 Å². The van der Waals surface area contributed by atoms with Crippen LogP contribution in [0.4, 0.5) is 0 Å². The molecule has 1 saturated carbocycles. The smallest absolute Gasteiger partial charge is 0.266 e. The van der Waals surface area contributed by atoms with Crippen LogP contribution in [0, 0.1) is 0 Å². The van der Waals surface area contributed by atoms with E-state index in [1.165, 1.54) is 24.6 Å². The number of carbonyl (C=O) groups is 1. The first kappa shape index (κ1) is 20.0. The van der Waals surface area contributed by atoms with E-state index in [2.05, 4.69) is 0 Å². The van der Waals surface area contributed by atoms with Crippen molar-refractivity contribution in [3.05, 3.63) is 64.6 Å². The summed E-state index contributed by atoms with van der Waals surface area (Å²) in [6, 6.07) is 16.0. The monoisotopic (exact) mass is 425 g/mol. The Bertz CT molecular complexity index is 936. The number of hydrogen-bond acceptors (Lipinski definition) is 5. The summed E-state index contributed by atoms with van der Waals surface area (Å²) in [5.41, 5.74) is 1.98. The van der Waals surface area contributed by atoms with E-state index >= 15 is 0 Å². The molecule has 2 fully saturated rings. The first-order valence-electron chi connectivity index (χ1n) is 9.77. The maximum absolute atomic E-state index is 12.9. The molecule has 0 N–H and O–H groups in total. The van der Waals surface area contributed by atoms with Crippen LogP contribution in [-0.4, -0.2) is 28.3 Å². The molecule has 6 heteroatoms. The van der Waals surface area contributed by atoms with E-state index in [-0.39, 0.29) is 11.9 Å². The predicted octanol–water partition coefficient (Wildman–Crippen LogP) is 5.42. The second kappa shape index (κ2) is 9.01. The Morgan fingerprint density at radius 2 is 1.90 bits per heavy atom. The van der Waals surface area contributed by atoms with Crippen molar-refractivity contribution >= 4 is 40.3 Å². The van der Waals surface area contributed by atoms with Crippen molar-refractivity contribution < 1.29 is 14.3 Å². The molecule has 1 amide bonds. The van der Waals surface area contributed by atoms with Crippen molar-refractivity contribution in [3.63, 3.8) is 0 Å². The highest BCUT2D eigenvalue weighted by Crippen LogP contribution is 2.38. The second-order valence-electron chi connectivity index (χ2n) is 7.17. The predicted molar refractivity (Wildman–Crippen MR) is 121 cm³/mol. The van der Waals surface area contributed by atoms with E-state index in [1.54, 1.807) is 7.11 Å². The van der Waals surface area contributed by atoms with E-state index < -0.39 is 0 Å². The van der Waals surface area contributed by atoms with Crippen LogP contribution < -0.4 is 9.47 Å². The summed E-state index contributed by atoms with van der Waals surface area (Å²) in [5, 5.41) is 0. The molecule has 4 nitrogen and oxygen atoms in total. The summed E-state index contributed by atoms with van der Waals surface area (Å²) in [5.74, 6) is 1.34. The molecule has 4 rings (SSSR count). The fourth-order valence-corrected chi connectivity index (χ4v) is 5.14. The van der Waals surface area contributed by atoms with Crippen LogP contribution in [-0.2, 0) is 11.4 Å². The van der Waals surface area contributed by atoms with Gasteiger partial charge >= 0.3 is 0 Å². The van der Waals surface area contributed by atoms with Crippen LogP contribution in [0.15, 0.2) is 53.4 Å². The largest absolute Gasteiger partial charge is 0.493 e. The molecule has 0 bridgehead atoms. The van der Waals surface area contributed by atoms with Crippen molar-refractivity contribution in [1.29, 1.82) is 0 Å². The molecule has 1 saturated heterocycles. The summed E-state index contributed by atoms with van der Waals surface area (Å²) in [6.45, 7) is 0.469. The molecule has 150 valence electrons. The Hall–Kier alpha value is -2.31. The lowest BCUT2D eigenvalue weighted by Gasteiger charge is -2.21. The number of amides is 1. The van der Waals surface area contributed by atoms with Gasteiger partial charge in [-0.05, 0) is 42.2 Å². The Balaban J connectivity index is 1.50. The van der Waals surface area contributed by atoms with Gasteiger partial charge in [-0.3, -0.25) is 9.69 Å². The fraction of sp³-hybridized carbons (Fsp3) is 0.304. The molecule has 0 unspecified atom stereocenters. The van der Waals surface area contributed by atoms with Crippen molar-refractivity contribution in [2.45, 2.75) is 38.3 Å². The molecule has 1 aliphatic heterocycles. The zero-order valence-corrected chi connectivity index (χ0v) is 17.9. The van der Waals surface area contributed by atoms with Crippen molar-refractivity contribution in [1.82, 2.24) is 4.90 Å². The third-order valence-electron chi connectivity index (χ3n) is 5.24. The van der Waals surface area contributed by atoms with Crippen LogP contribution in [0.5, 0.6) is 11.5 Å². The molecule has 0 atom stereocenters. The number of thiocarbonyl (C=S) groups is 1. The van der Waals surface area contributed by atoms with Gasteiger partial charge in [-0.15, -0.1) is 0 Å². The average molecular weight is 426 g/mol. The molecule has 0 aromatic heterocycles. The normalized spacial score (nSPS) is 18.7. The summed E-state index contributed by atoms with van der Waals surface area (Å²) in [4.78, 5) is 15.4. The molecule has 2 aromatic carbocycles. The van der Waals surface area contributed by atoms with Gasteiger partial charge in [-0.2, -0.15) is 0 Å².